The van der Waals surface area contributed by atoms with E-state index in [4.69, 9.17) is 0 Å². The van der Waals surface area contributed by atoms with E-state index in [-0.39, 0.29) is 17.5 Å². The van der Waals surface area contributed by atoms with E-state index < -0.39 is 9.84 Å². The van der Waals surface area contributed by atoms with Crippen molar-refractivity contribution in [2.24, 2.45) is 4.99 Å². The predicted molar refractivity (Wildman–Crippen MR) is 103 cm³/mol. The largest absolute Gasteiger partial charge is 0.353 e. The molecule has 0 bridgehead atoms. The molecule has 0 aliphatic carbocycles. The summed E-state index contributed by atoms with van der Waals surface area (Å²) in [5.41, 5.74) is 2.11. The Bertz CT molecular complexity index is 860. The summed E-state index contributed by atoms with van der Waals surface area (Å²) in [7, 11) is -1.22. The fraction of sp³-hybridized carbons (Fsp3) is 0.412. The van der Waals surface area contributed by atoms with Crippen LogP contribution in [-0.4, -0.2) is 44.0 Å². The van der Waals surface area contributed by atoms with Gasteiger partial charge in [0.25, 0.3) is 0 Å². The Kier molecular flexibility index (Phi) is 5.39. The summed E-state index contributed by atoms with van der Waals surface area (Å²) in [6, 6.07) is 10.0. The van der Waals surface area contributed by atoms with Crippen LogP contribution in [0.4, 0.5) is 0 Å². The highest BCUT2D eigenvalue weighted by Crippen LogP contribution is 2.27. The Morgan fingerprint density at radius 1 is 1.36 bits per heavy atom. The first-order valence-electron chi connectivity index (χ1n) is 8.16. The highest BCUT2D eigenvalue weighted by Gasteiger charge is 2.28. The molecule has 0 radical (unpaired) electrons. The predicted octanol–water partition coefficient (Wildman–Crippen LogP) is 1.97. The number of aliphatic imine (C=N–C) groups is 1. The van der Waals surface area contributed by atoms with Crippen LogP contribution in [0, 0.1) is 6.92 Å². The van der Waals surface area contributed by atoms with E-state index in [2.05, 4.69) is 32.7 Å². The summed E-state index contributed by atoms with van der Waals surface area (Å²) in [5.74, 6) is 1.04. The van der Waals surface area contributed by atoms with Crippen LogP contribution >= 0.6 is 11.3 Å². The van der Waals surface area contributed by atoms with Gasteiger partial charge in [-0.2, -0.15) is 0 Å². The van der Waals surface area contributed by atoms with Gasteiger partial charge in [0.2, 0.25) is 0 Å². The molecule has 1 atom stereocenters. The van der Waals surface area contributed by atoms with E-state index in [0.717, 1.165) is 21.1 Å². The molecule has 6 nitrogen and oxygen atoms in total. The third kappa shape index (κ3) is 4.58. The summed E-state index contributed by atoms with van der Waals surface area (Å²) >= 11 is 1.66. The molecule has 2 aromatic rings. The van der Waals surface area contributed by atoms with Crippen LogP contribution in [0.3, 0.4) is 0 Å². The lowest BCUT2D eigenvalue weighted by Crippen LogP contribution is -2.43. The number of rotatable bonds is 4. The number of aromatic nitrogens is 1. The molecule has 0 spiro atoms. The summed E-state index contributed by atoms with van der Waals surface area (Å²) in [6.45, 7) is 2.61. The number of hydrogen-bond donors (Lipinski definition) is 2. The molecule has 0 amide bonds. The van der Waals surface area contributed by atoms with Crippen LogP contribution in [0.5, 0.6) is 0 Å². The Balaban J connectivity index is 1.62. The molecule has 1 unspecified atom stereocenters. The normalized spacial score (nSPS) is 19.8. The average molecular weight is 379 g/mol. The van der Waals surface area contributed by atoms with Crippen molar-refractivity contribution in [3.63, 3.8) is 0 Å². The molecule has 8 heteroatoms. The van der Waals surface area contributed by atoms with E-state index in [1.807, 2.05) is 25.1 Å². The van der Waals surface area contributed by atoms with Crippen LogP contribution < -0.4 is 10.6 Å². The van der Waals surface area contributed by atoms with E-state index in [1.54, 1.807) is 18.4 Å². The first-order valence-corrected chi connectivity index (χ1v) is 10.8. The fourth-order valence-electron chi connectivity index (χ4n) is 2.76. The molecule has 2 heterocycles. The highest BCUT2D eigenvalue weighted by atomic mass is 32.2. The molecule has 1 aromatic carbocycles. The zero-order valence-corrected chi connectivity index (χ0v) is 16.0. The van der Waals surface area contributed by atoms with Crippen molar-refractivity contribution >= 4 is 27.1 Å². The molecule has 0 saturated carbocycles. The molecule has 1 aromatic heterocycles. The first-order chi connectivity index (χ1) is 12.0. The Labute approximate surface area is 152 Å². The second-order valence-corrected chi connectivity index (χ2v) is 9.38. The Hall–Kier alpha value is -1.93. The molecule has 3 rings (SSSR count). The molecule has 25 heavy (non-hydrogen) atoms. The molecule has 1 fully saturated rings. The van der Waals surface area contributed by atoms with Crippen molar-refractivity contribution in [3.8, 4) is 10.6 Å². The maximum atomic E-state index is 11.6. The zero-order valence-electron chi connectivity index (χ0n) is 14.3. The Morgan fingerprint density at radius 2 is 2.12 bits per heavy atom. The van der Waals surface area contributed by atoms with Crippen molar-refractivity contribution < 1.29 is 8.42 Å². The maximum Gasteiger partial charge on any atom is 0.191 e. The van der Waals surface area contributed by atoms with E-state index in [1.165, 1.54) is 0 Å². The van der Waals surface area contributed by atoms with Crippen LogP contribution in [0.1, 0.15) is 17.0 Å². The van der Waals surface area contributed by atoms with Gasteiger partial charge in [0, 0.05) is 23.5 Å². The number of nitrogens with one attached hydrogen (secondary N) is 2. The van der Waals surface area contributed by atoms with E-state index in [0.29, 0.717) is 18.9 Å². The van der Waals surface area contributed by atoms with Crippen LogP contribution in [0.2, 0.25) is 0 Å². The van der Waals surface area contributed by atoms with Gasteiger partial charge in [-0.15, -0.1) is 11.3 Å². The molecule has 1 saturated heterocycles. The zero-order chi connectivity index (χ0) is 17.9. The van der Waals surface area contributed by atoms with Gasteiger partial charge in [-0.1, -0.05) is 30.3 Å². The number of thiazole rings is 1. The van der Waals surface area contributed by atoms with Crippen LogP contribution in [0.25, 0.3) is 10.6 Å². The summed E-state index contributed by atoms with van der Waals surface area (Å²) < 4.78 is 23.1. The quantitative estimate of drug-likeness (QED) is 0.628. The lowest BCUT2D eigenvalue weighted by atomic mass is 10.2. The number of benzene rings is 1. The van der Waals surface area contributed by atoms with Gasteiger partial charge in [-0.3, -0.25) is 4.99 Å². The van der Waals surface area contributed by atoms with Crippen LogP contribution in [-0.2, 0) is 16.4 Å². The highest BCUT2D eigenvalue weighted by molar-refractivity contribution is 7.91. The summed E-state index contributed by atoms with van der Waals surface area (Å²) in [4.78, 5) is 9.98. The van der Waals surface area contributed by atoms with Crippen LogP contribution in [0.15, 0.2) is 35.3 Å². The Morgan fingerprint density at radius 3 is 2.76 bits per heavy atom. The van der Waals surface area contributed by atoms with Crippen molar-refractivity contribution in [1.82, 2.24) is 15.6 Å². The average Bonchev–Trinajstić information content (AvgIpc) is 3.14. The third-order valence-electron chi connectivity index (χ3n) is 4.13. The minimum Gasteiger partial charge on any atom is -0.353 e. The number of guanidine groups is 1. The molecule has 1 aliphatic rings. The number of aryl methyl sites for hydroxylation is 1. The van der Waals surface area contributed by atoms with Crippen molar-refractivity contribution in [3.05, 3.63) is 40.9 Å². The van der Waals surface area contributed by atoms with Crippen molar-refractivity contribution in [1.29, 1.82) is 0 Å². The number of hydrogen-bond acceptors (Lipinski definition) is 5. The van der Waals surface area contributed by atoms with Crippen molar-refractivity contribution in [2.75, 3.05) is 18.6 Å². The van der Waals surface area contributed by atoms with Crippen molar-refractivity contribution in [2.45, 2.75) is 25.9 Å². The number of sulfone groups is 1. The topological polar surface area (TPSA) is 83.4 Å². The van der Waals surface area contributed by atoms with Gasteiger partial charge in [-0.05, 0) is 13.3 Å². The van der Waals surface area contributed by atoms with E-state index >= 15 is 0 Å². The summed E-state index contributed by atoms with van der Waals surface area (Å²) in [6.07, 6.45) is 0.626. The lowest BCUT2D eigenvalue weighted by Gasteiger charge is -2.15. The minimum atomic E-state index is -2.90. The molecular formula is C17H22N4O2S2. The first kappa shape index (κ1) is 17.9. The van der Waals surface area contributed by atoms with Gasteiger partial charge >= 0.3 is 0 Å². The standard InChI is InChI=1S/C17H22N4O2S2/c1-12-15(24-16(20-12)13-6-4-3-5-7-13)10-19-17(18-2)21-14-8-9-25(22,23)11-14/h3-7,14H,8-11H2,1-2H3,(H2,18,19,21). The second-order valence-electron chi connectivity index (χ2n) is 6.06. The SMILES string of the molecule is CN=C(NCc1sc(-c2ccccc2)nc1C)NC1CCS(=O)(=O)C1. The smallest absolute Gasteiger partial charge is 0.191 e. The second kappa shape index (κ2) is 7.53. The minimum absolute atomic E-state index is 0.0707. The lowest BCUT2D eigenvalue weighted by molar-refractivity contribution is 0.599. The maximum absolute atomic E-state index is 11.6. The molecular weight excluding hydrogens is 356 g/mol. The van der Waals surface area contributed by atoms with Gasteiger partial charge < -0.3 is 10.6 Å². The van der Waals surface area contributed by atoms with Gasteiger partial charge in [0.15, 0.2) is 15.8 Å². The molecule has 1 aliphatic heterocycles. The molecule has 134 valence electrons. The fourth-order valence-corrected chi connectivity index (χ4v) is 5.44. The van der Waals surface area contributed by atoms with Gasteiger partial charge in [-0.25, -0.2) is 13.4 Å². The van der Waals surface area contributed by atoms with Gasteiger partial charge in [0.05, 0.1) is 23.7 Å². The summed E-state index contributed by atoms with van der Waals surface area (Å²) in [5, 5.41) is 7.45. The number of nitrogens with zero attached hydrogens (tertiary/aromatic N) is 2. The monoisotopic (exact) mass is 378 g/mol. The van der Waals surface area contributed by atoms with Gasteiger partial charge in [0.1, 0.15) is 5.01 Å². The molecule has 2 N–H and O–H groups in total. The third-order valence-corrected chi connectivity index (χ3v) is 7.10. The van der Waals surface area contributed by atoms with E-state index in [9.17, 15) is 8.42 Å².